The minimum Gasteiger partial charge on any atom is -0.480 e. The molecule has 0 aromatic carbocycles. The van der Waals surface area contributed by atoms with Crippen molar-refractivity contribution in [1.29, 1.82) is 0 Å². The number of likely N-dealkylation sites (N-methyl/N-ethyl adjacent to an activating group) is 1. The van der Waals surface area contributed by atoms with E-state index in [9.17, 15) is 9.59 Å². The van der Waals surface area contributed by atoms with Gasteiger partial charge in [0.2, 0.25) is 0 Å². The summed E-state index contributed by atoms with van der Waals surface area (Å²) >= 11 is 7.12. The molecule has 94 valence electrons. The van der Waals surface area contributed by atoms with Crippen molar-refractivity contribution in [3.05, 3.63) is 21.3 Å². The second-order valence-electron chi connectivity index (χ2n) is 3.49. The lowest BCUT2D eigenvalue weighted by Gasteiger charge is -2.21. The van der Waals surface area contributed by atoms with E-state index < -0.39 is 18.0 Å². The van der Waals surface area contributed by atoms with Gasteiger partial charge in [0.1, 0.15) is 6.04 Å². The third-order valence-electron chi connectivity index (χ3n) is 2.30. The van der Waals surface area contributed by atoms with Crippen molar-refractivity contribution in [3.63, 3.8) is 0 Å². The molecular weight excluding hydrogens is 264 g/mol. The van der Waals surface area contributed by atoms with Crippen molar-refractivity contribution in [2.24, 2.45) is 0 Å². The number of hydrogen-bond donors (Lipinski definition) is 2. The molecule has 1 aromatic rings. The molecule has 0 spiro atoms. The van der Waals surface area contributed by atoms with Crippen LogP contribution in [0.2, 0.25) is 4.34 Å². The quantitative estimate of drug-likeness (QED) is 0.884. The van der Waals surface area contributed by atoms with Crippen molar-refractivity contribution < 1.29 is 14.7 Å². The molecule has 0 aliphatic carbocycles. The molecule has 2 amide bonds. The highest BCUT2D eigenvalue weighted by Gasteiger charge is 2.21. The number of aliphatic carboxylic acids is 1. The van der Waals surface area contributed by atoms with E-state index in [-0.39, 0.29) is 0 Å². The van der Waals surface area contributed by atoms with Crippen LogP contribution in [0.25, 0.3) is 0 Å². The van der Waals surface area contributed by atoms with E-state index in [1.54, 1.807) is 6.07 Å². The second kappa shape index (κ2) is 5.88. The van der Waals surface area contributed by atoms with Crippen LogP contribution < -0.4 is 5.32 Å². The Bertz CT molecular complexity index is 421. The first-order valence-electron chi connectivity index (χ1n) is 4.89. The maximum atomic E-state index is 11.6. The number of carboxylic acids is 1. The SMILES string of the molecule is CC(C(=O)O)N(C)C(=O)NCc1ccc(Cl)s1. The number of carboxylic acid groups (broad SMARTS) is 1. The van der Waals surface area contributed by atoms with Crippen LogP contribution in [0.15, 0.2) is 12.1 Å². The average molecular weight is 277 g/mol. The minimum absolute atomic E-state index is 0.340. The van der Waals surface area contributed by atoms with Crippen molar-refractivity contribution in [2.45, 2.75) is 19.5 Å². The fourth-order valence-corrected chi connectivity index (χ4v) is 2.10. The summed E-state index contributed by atoms with van der Waals surface area (Å²) in [5, 5.41) is 11.4. The van der Waals surface area contributed by atoms with Crippen molar-refractivity contribution >= 4 is 34.9 Å². The van der Waals surface area contributed by atoms with Gasteiger partial charge in [0.25, 0.3) is 0 Å². The number of nitrogens with one attached hydrogen (secondary N) is 1. The van der Waals surface area contributed by atoms with Gasteiger partial charge in [-0.05, 0) is 19.1 Å². The minimum atomic E-state index is -1.04. The van der Waals surface area contributed by atoms with E-state index in [0.717, 1.165) is 9.78 Å². The molecule has 0 aliphatic rings. The molecule has 17 heavy (non-hydrogen) atoms. The number of carbonyl (C=O) groups is 2. The molecule has 0 saturated heterocycles. The zero-order valence-electron chi connectivity index (χ0n) is 9.44. The predicted octanol–water partition coefficient (Wildman–Crippen LogP) is 2.02. The third kappa shape index (κ3) is 3.90. The van der Waals surface area contributed by atoms with Crippen molar-refractivity contribution in [3.8, 4) is 0 Å². The molecule has 1 rings (SSSR count). The molecule has 0 aliphatic heterocycles. The number of urea groups is 1. The Labute approximate surface area is 108 Å². The molecule has 1 unspecified atom stereocenters. The lowest BCUT2D eigenvalue weighted by molar-refractivity contribution is -0.141. The number of hydrogen-bond acceptors (Lipinski definition) is 3. The van der Waals surface area contributed by atoms with Crippen LogP contribution in [-0.4, -0.2) is 35.1 Å². The summed E-state index contributed by atoms with van der Waals surface area (Å²) in [6.07, 6.45) is 0. The molecule has 1 aromatic heterocycles. The summed E-state index contributed by atoms with van der Waals surface area (Å²) in [5.74, 6) is -1.04. The Kier molecular flexibility index (Phi) is 4.77. The van der Waals surface area contributed by atoms with Gasteiger partial charge in [0, 0.05) is 11.9 Å². The van der Waals surface area contributed by atoms with E-state index in [0.29, 0.717) is 10.9 Å². The first-order valence-corrected chi connectivity index (χ1v) is 6.09. The normalized spacial score (nSPS) is 11.9. The number of carbonyl (C=O) groups excluding carboxylic acids is 1. The smallest absolute Gasteiger partial charge is 0.326 e. The molecule has 5 nitrogen and oxygen atoms in total. The van der Waals surface area contributed by atoms with Gasteiger partial charge in [0.05, 0.1) is 10.9 Å². The van der Waals surface area contributed by atoms with Gasteiger partial charge >= 0.3 is 12.0 Å². The van der Waals surface area contributed by atoms with Crippen LogP contribution in [0.1, 0.15) is 11.8 Å². The Morgan fingerprint density at radius 3 is 2.71 bits per heavy atom. The van der Waals surface area contributed by atoms with Gasteiger partial charge in [-0.15, -0.1) is 11.3 Å². The fraction of sp³-hybridized carbons (Fsp3) is 0.400. The summed E-state index contributed by atoms with van der Waals surface area (Å²) in [5.41, 5.74) is 0. The summed E-state index contributed by atoms with van der Waals surface area (Å²) in [7, 11) is 1.44. The molecular formula is C10H13ClN2O3S. The van der Waals surface area contributed by atoms with E-state index in [2.05, 4.69) is 5.32 Å². The van der Waals surface area contributed by atoms with E-state index in [1.165, 1.54) is 25.3 Å². The molecule has 0 fully saturated rings. The summed E-state index contributed by atoms with van der Waals surface area (Å²) in [4.78, 5) is 24.3. The Morgan fingerprint density at radius 1 is 1.59 bits per heavy atom. The van der Waals surface area contributed by atoms with Gasteiger partial charge in [0.15, 0.2) is 0 Å². The highest BCUT2D eigenvalue weighted by molar-refractivity contribution is 7.16. The highest BCUT2D eigenvalue weighted by atomic mass is 35.5. The lowest BCUT2D eigenvalue weighted by atomic mass is 10.3. The van der Waals surface area contributed by atoms with Crippen LogP contribution >= 0.6 is 22.9 Å². The second-order valence-corrected chi connectivity index (χ2v) is 5.29. The molecule has 0 saturated carbocycles. The van der Waals surface area contributed by atoms with E-state index in [1.807, 2.05) is 6.07 Å². The van der Waals surface area contributed by atoms with Gasteiger partial charge in [-0.2, -0.15) is 0 Å². The molecule has 7 heteroatoms. The molecule has 1 atom stereocenters. The zero-order chi connectivity index (χ0) is 13.0. The maximum Gasteiger partial charge on any atom is 0.326 e. The van der Waals surface area contributed by atoms with E-state index in [4.69, 9.17) is 16.7 Å². The first kappa shape index (κ1) is 13.8. The third-order valence-corrected chi connectivity index (χ3v) is 3.53. The van der Waals surface area contributed by atoms with Gasteiger partial charge < -0.3 is 15.3 Å². The zero-order valence-corrected chi connectivity index (χ0v) is 11.0. The van der Waals surface area contributed by atoms with Gasteiger partial charge in [-0.3, -0.25) is 0 Å². The van der Waals surface area contributed by atoms with Crippen LogP contribution in [0, 0.1) is 0 Å². The average Bonchev–Trinajstić information content (AvgIpc) is 2.69. The van der Waals surface area contributed by atoms with Gasteiger partial charge in [-0.25, -0.2) is 9.59 Å². The number of rotatable bonds is 4. The van der Waals surface area contributed by atoms with Crippen molar-refractivity contribution in [2.75, 3.05) is 7.05 Å². The number of thiophene rings is 1. The first-order chi connectivity index (χ1) is 7.91. The van der Waals surface area contributed by atoms with E-state index >= 15 is 0 Å². The standard InChI is InChI=1S/C10H13ClN2O3S/c1-6(9(14)15)13(2)10(16)12-5-7-3-4-8(11)17-7/h3-4,6H,5H2,1-2H3,(H,12,16)(H,14,15). The summed E-state index contributed by atoms with van der Waals surface area (Å²) < 4.78 is 0.654. The number of amides is 2. The fourth-order valence-electron chi connectivity index (χ4n) is 1.08. The topological polar surface area (TPSA) is 69.6 Å². The van der Waals surface area contributed by atoms with Gasteiger partial charge in [-0.1, -0.05) is 11.6 Å². The Hall–Kier alpha value is -1.27. The number of halogens is 1. The van der Waals surface area contributed by atoms with Crippen molar-refractivity contribution in [1.82, 2.24) is 10.2 Å². The number of nitrogens with zero attached hydrogens (tertiary/aromatic N) is 1. The Morgan fingerprint density at radius 2 is 2.24 bits per heavy atom. The molecule has 2 N–H and O–H groups in total. The summed E-state index contributed by atoms with van der Waals surface area (Å²) in [6.45, 7) is 1.79. The van der Waals surface area contributed by atoms with Crippen LogP contribution in [0.3, 0.4) is 0 Å². The monoisotopic (exact) mass is 276 g/mol. The Balaban J connectivity index is 2.47. The molecule has 0 bridgehead atoms. The largest absolute Gasteiger partial charge is 0.480 e. The predicted molar refractivity (Wildman–Crippen MR) is 66.4 cm³/mol. The molecule has 1 heterocycles. The molecule has 0 radical (unpaired) electrons. The summed E-state index contributed by atoms with van der Waals surface area (Å²) in [6, 6.07) is 2.27. The maximum absolute atomic E-state index is 11.6. The van der Waals surface area contributed by atoms with Crippen LogP contribution in [0.4, 0.5) is 4.79 Å². The van der Waals surface area contributed by atoms with Crippen LogP contribution in [-0.2, 0) is 11.3 Å². The van der Waals surface area contributed by atoms with Crippen LogP contribution in [0.5, 0.6) is 0 Å². The lowest BCUT2D eigenvalue weighted by Crippen LogP contribution is -2.45. The highest BCUT2D eigenvalue weighted by Crippen LogP contribution is 2.20.